The molecule has 1 amide bonds. The van der Waals surface area contributed by atoms with Crippen LogP contribution in [0.4, 0.5) is 18.9 Å². The van der Waals surface area contributed by atoms with E-state index in [1.165, 1.54) is 12.1 Å². The molecule has 0 radical (unpaired) electrons. The zero-order valence-electron chi connectivity index (χ0n) is 12.9. The summed E-state index contributed by atoms with van der Waals surface area (Å²) >= 11 is 0. The Labute approximate surface area is 137 Å². The van der Waals surface area contributed by atoms with Crippen LogP contribution in [0.25, 0.3) is 0 Å². The van der Waals surface area contributed by atoms with Gasteiger partial charge in [0.1, 0.15) is 11.5 Å². The van der Waals surface area contributed by atoms with Gasteiger partial charge in [-0.2, -0.15) is 13.2 Å². The molecule has 7 heteroatoms. The van der Waals surface area contributed by atoms with Gasteiger partial charge in [-0.3, -0.25) is 4.79 Å². The van der Waals surface area contributed by atoms with Crippen molar-refractivity contribution in [2.75, 3.05) is 18.5 Å². The van der Waals surface area contributed by atoms with Gasteiger partial charge in [-0.05, 0) is 55.5 Å². The van der Waals surface area contributed by atoms with E-state index in [1.54, 1.807) is 24.3 Å². The lowest BCUT2D eigenvalue weighted by atomic mass is 10.2. The average Bonchev–Trinajstić information content (AvgIpc) is 2.54. The maximum absolute atomic E-state index is 12.5. The molecule has 1 N–H and O–H groups in total. The van der Waals surface area contributed by atoms with E-state index in [0.717, 1.165) is 12.1 Å². The minimum absolute atomic E-state index is 0.255. The minimum atomic E-state index is -4.40. The zero-order valence-corrected chi connectivity index (χ0v) is 12.9. The van der Waals surface area contributed by atoms with E-state index in [4.69, 9.17) is 9.47 Å². The van der Waals surface area contributed by atoms with Crippen LogP contribution in [0.5, 0.6) is 11.5 Å². The summed E-state index contributed by atoms with van der Waals surface area (Å²) in [6, 6.07) is 11.0. The second kappa shape index (κ2) is 7.72. The molecule has 0 unspecified atom stereocenters. The largest absolute Gasteiger partial charge is 0.494 e. The molecule has 128 valence electrons. The quantitative estimate of drug-likeness (QED) is 0.861. The summed E-state index contributed by atoms with van der Waals surface area (Å²) in [5, 5.41) is 2.47. The van der Waals surface area contributed by atoms with E-state index in [9.17, 15) is 18.0 Å². The number of nitrogens with one attached hydrogen (secondary N) is 1. The predicted molar refractivity (Wildman–Crippen MR) is 83.2 cm³/mol. The van der Waals surface area contributed by atoms with Gasteiger partial charge in [0.15, 0.2) is 6.61 Å². The fourth-order valence-corrected chi connectivity index (χ4v) is 1.89. The van der Waals surface area contributed by atoms with Gasteiger partial charge in [0, 0.05) is 5.69 Å². The summed E-state index contributed by atoms with van der Waals surface area (Å²) in [6.07, 6.45) is -4.40. The lowest BCUT2D eigenvalue weighted by Gasteiger charge is -2.10. The molecule has 0 spiro atoms. The molecule has 0 aromatic heterocycles. The average molecular weight is 339 g/mol. The molecule has 0 heterocycles. The van der Waals surface area contributed by atoms with Crippen LogP contribution in [-0.4, -0.2) is 19.1 Å². The Balaban J connectivity index is 1.84. The molecule has 0 aliphatic heterocycles. The lowest BCUT2D eigenvalue weighted by molar-refractivity contribution is -0.137. The monoisotopic (exact) mass is 339 g/mol. The topological polar surface area (TPSA) is 47.6 Å². The van der Waals surface area contributed by atoms with E-state index < -0.39 is 17.6 Å². The third-order valence-corrected chi connectivity index (χ3v) is 3.00. The molecule has 24 heavy (non-hydrogen) atoms. The van der Waals surface area contributed by atoms with Gasteiger partial charge in [0.25, 0.3) is 5.91 Å². The molecule has 0 atom stereocenters. The second-order valence-corrected chi connectivity index (χ2v) is 4.82. The minimum Gasteiger partial charge on any atom is -0.494 e. The van der Waals surface area contributed by atoms with Crippen LogP contribution in [-0.2, 0) is 11.0 Å². The molecular weight excluding hydrogens is 323 g/mol. The van der Waals surface area contributed by atoms with Gasteiger partial charge in [0.2, 0.25) is 0 Å². The summed E-state index contributed by atoms with van der Waals surface area (Å²) < 4.78 is 47.9. The lowest BCUT2D eigenvalue weighted by Crippen LogP contribution is -2.20. The molecular formula is C17H16F3NO3. The summed E-state index contributed by atoms with van der Waals surface area (Å²) in [4.78, 5) is 11.8. The third kappa shape index (κ3) is 5.19. The highest BCUT2D eigenvalue weighted by Gasteiger charge is 2.29. The molecule has 0 aliphatic rings. The van der Waals surface area contributed by atoms with Crippen LogP contribution in [0, 0.1) is 0 Å². The van der Waals surface area contributed by atoms with E-state index in [0.29, 0.717) is 18.1 Å². The number of hydrogen-bond donors (Lipinski definition) is 1. The van der Waals surface area contributed by atoms with Crippen LogP contribution in [0.2, 0.25) is 0 Å². The van der Waals surface area contributed by atoms with Gasteiger partial charge < -0.3 is 14.8 Å². The number of amides is 1. The van der Waals surface area contributed by atoms with E-state index >= 15 is 0 Å². The highest BCUT2D eigenvalue weighted by atomic mass is 19.4. The summed E-state index contributed by atoms with van der Waals surface area (Å²) in [5.41, 5.74) is -0.505. The first-order valence-electron chi connectivity index (χ1n) is 7.21. The van der Waals surface area contributed by atoms with Crippen LogP contribution in [0.3, 0.4) is 0 Å². The number of hydrogen-bond acceptors (Lipinski definition) is 3. The Morgan fingerprint density at radius 3 is 2.00 bits per heavy atom. The number of carbonyl (C=O) groups is 1. The number of carbonyl (C=O) groups excluding carboxylic acids is 1. The summed E-state index contributed by atoms with van der Waals surface area (Å²) in [6.45, 7) is 2.17. The Morgan fingerprint density at radius 1 is 0.958 bits per heavy atom. The molecule has 4 nitrogen and oxygen atoms in total. The van der Waals surface area contributed by atoms with Crippen molar-refractivity contribution in [1.82, 2.24) is 0 Å². The van der Waals surface area contributed by atoms with E-state index in [1.807, 2.05) is 6.92 Å². The van der Waals surface area contributed by atoms with Crippen molar-refractivity contribution < 1.29 is 27.4 Å². The van der Waals surface area contributed by atoms with Crippen molar-refractivity contribution in [3.63, 3.8) is 0 Å². The van der Waals surface area contributed by atoms with Crippen molar-refractivity contribution in [2.24, 2.45) is 0 Å². The van der Waals surface area contributed by atoms with Gasteiger partial charge in [0.05, 0.1) is 12.2 Å². The van der Waals surface area contributed by atoms with Crippen LogP contribution in [0.15, 0.2) is 48.5 Å². The van der Waals surface area contributed by atoms with Crippen LogP contribution >= 0.6 is 0 Å². The van der Waals surface area contributed by atoms with Crippen molar-refractivity contribution in [1.29, 1.82) is 0 Å². The molecule has 0 saturated carbocycles. The molecule has 0 fully saturated rings. The van der Waals surface area contributed by atoms with Gasteiger partial charge in [-0.25, -0.2) is 0 Å². The van der Waals surface area contributed by atoms with Crippen molar-refractivity contribution in [3.05, 3.63) is 54.1 Å². The Morgan fingerprint density at radius 2 is 1.50 bits per heavy atom. The van der Waals surface area contributed by atoms with Gasteiger partial charge >= 0.3 is 6.18 Å². The number of benzene rings is 2. The molecule has 0 bridgehead atoms. The molecule has 2 aromatic carbocycles. The smallest absolute Gasteiger partial charge is 0.416 e. The standard InChI is InChI=1S/C17H16F3NO3/c1-2-23-14-7-9-15(10-8-14)24-11-16(22)21-13-5-3-12(4-6-13)17(18,19)20/h3-10H,2,11H2,1H3,(H,21,22). The predicted octanol–water partition coefficient (Wildman–Crippen LogP) is 4.12. The Hall–Kier alpha value is -2.70. The fourth-order valence-electron chi connectivity index (χ4n) is 1.89. The van der Waals surface area contributed by atoms with Crippen LogP contribution in [0.1, 0.15) is 12.5 Å². The number of ether oxygens (including phenoxy) is 2. The van der Waals surface area contributed by atoms with Crippen LogP contribution < -0.4 is 14.8 Å². The fraction of sp³-hybridized carbons (Fsp3) is 0.235. The summed E-state index contributed by atoms with van der Waals surface area (Å²) in [7, 11) is 0. The van der Waals surface area contributed by atoms with E-state index in [-0.39, 0.29) is 12.3 Å². The SMILES string of the molecule is CCOc1ccc(OCC(=O)Nc2ccc(C(F)(F)F)cc2)cc1. The van der Waals surface area contributed by atoms with Gasteiger partial charge in [-0.15, -0.1) is 0 Å². The maximum Gasteiger partial charge on any atom is 0.416 e. The Kier molecular flexibility index (Phi) is 5.68. The van der Waals surface area contributed by atoms with E-state index in [2.05, 4.69) is 5.32 Å². The number of rotatable bonds is 6. The zero-order chi connectivity index (χ0) is 17.6. The molecule has 0 aliphatic carbocycles. The molecule has 0 saturated heterocycles. The number of anilines is 1. The highest BCUT2D eigenvalue weighted by molar-refractivity contribution is 5.91. The van der Waals surface area contributed by atoms with Gasteiger partial charge in [-0.1, -0.05) is 0 Å². The normalized spacial score (nSPS) is 11.0. The maximum atomic E-state index is 12.5. The molecule has 2 rings (SSSR count). The first kappa shape index (κ1) is 17.7. The Bertz CT molecular complexity index is 667. The van der Waals surface area contributed by atoms with Crippen molar-refractivity contribution >= 4 is 11.6 Å². The summed E-state index contributed by atoms with van der Waals surface area (Å²) in [5.74, 6) is 0.712. The third-order valence-electron chi connectivity index (χ3n) is 3.00. The first-order valence-corrected chi connectivity index (χ1v) is 7.21. The first-order chi connectivity index (χ1) is 11.4. The second-order valence-electron chi connectivity index (χ2n) is 4.82. The number of alkyl halides is 3. The molecule has 2 aromatic rings. The van der Waals surface area contributed by atoms with Crippen molar-refractivity contribution in [2.45, 2.75) is 13.1 Å². The van der Waals surface area contributed by atoms with Crippen molar-refractivity contribution in [3.8, 4) is 11.5 Å². The highest BCUT2D eigenvalue weighted by Crippen LogP contribution is 2.29. The number of halogens is 3.